The van der Waals surface area contributed by atoms with Gasteiger partial charge < -0.3 is 10.5 Å². The van der Waals surface area contributed by atoms with Gasteiger partial charge in [0.2, 0.25) is 0 Å². The molecular weight excluding hydrogens is 198 g/mol. The molecule has 0 saturated heterocycles. The number of hydrogen-bond acceptors (Lipinski definition) is 2. The van der Waals surface area contributed by atoms with Crippen molar-refractivity contribution in [3.05, 3.63) is 28.3 Å². The van der Waals surface area contributed by atoms with Crippen LogP contribution in [-0.2, 0) is 0 Å². The highest BCUT2D eigenvalue weighted by Gasteiger charge is 2.15. The van der Waals surface area contributed by atoms with E-state index in [4.69, 9.17) is 22.1 Å². The van der Waals surface area contributed by atoms with E-state index in [1.54, 1.807) is 7.11 Å². The molecule has 3 heteroatoms. The summed E-state index contributed by atoms with van der Waals surface area (Å²) >= 11 is 6.04. The van der Waals surface area contributed by atoms with Crippen molar-refractivity contribution in [1.29, 1.82) is 0 Å². The first kappa shape index (κ1) is 11.3. The molecule has 1 unspecified atom stereocenters. The lowest BCUT2D eigenvalue weighted by Crippen LogP contribution is -2.11. The third kappa shape index (κ3) is 2.02. The number of hydrogen-bond donors (Lipinski definition) is 1. The fourth-order valence-corrected chi connectivity index (χ4v) is 1.85. The van der Waals surface area contributed by atoms with E-state index in [2.05, 4.69) is 6.92 Å². The first-order valence-corrected chi connectivity index (χ1v) is 5.02. The summed E-state index contributed by atoms with van der Waals surface area (Å²) in [4.78, 5) is 0. The van der Waals surface area contributed by atoms with Crippen molar-refractivity contribution in [3.8, 4) is 5.75 Å². The molecule has 0 radical (unpaired) electrons. The lowest BCUT2D eigenvalue weighted by atomic mass is 9.95. The van der Waals surface area contributed by atoms with Gasteiger partial charge in [-0.1, -0.05) is 24.6 Å². The highest BCUT2D eigenvalue weighted by molar-refractivity contribution is 6.32. The van der Waals surface area contributed by atoms with E-state index in [1.165, 1.54) is 5.56 Å². The molecule has 0 aliphatic carbocycles. The van der Waals surface area contributed by atoms with Gasteiger partial charge in [0.15, 0.2) is 0 Å². The average Bonchev–Trinajstić information content (AvgIpc) is 2.19. The minimum absolute atomic E-state index is 0.267. The number of nitrogens with two attached hydrogens (primary N) is 1. The molecule has 1 aromatic carbocycles. The van der Waals surface area contributed by atoms with Crippen molar-refractivity contribution < 1.29 is 4.74 Å². The highest BCUT2D eigenvalue weighted by Crippen LogP contribution is 2.35. The molecule has 0 bridgehead atoms. The maximum atomic E-state index is 6.04. The number of halogens is 1. The molecule has 0 heterocycles. The molecule has 0 fully saturated rings. The van der Waals surface area contributed by atoms with E-state index >= 15 is 0 Å². The van der Waals surface area contributed by atoms with Gasteiger partial charge in [0.05, 0.1) is 12.1 Å². The molecule has 0 saturated carbocycles. The third-order valence-corrected chi connectivity index (χ3v) is 2.71. The molecule has 14 heavy (non-hydrogen) atoms. The molecule has 0 aliphatic rings. The predicted octanol–water partition coefficient (Wildman–Crippen LogP) is 2.72. The zero-order valence-electron chi connectivity index (χ0n) is 8.80. The Kier molecular flexibility index (Phi) is 3.78. The van der Waals surface area contributed by atoms with Crippen LogP contribution in [0.2, 0.25) is 5.02 Å². The number of methoxy groups -OCH3 is 1. The smallest absolute Gasteiger partial charge is 0.141 e. The normalized spacial score (nSPS) is 12.6. The van der Waals surface area contributed by atoms with Gasteiger partial charge in [-0.05, 0) is 31.0 Å². The second kappa shape index (κ2) is 4.67. The van der Waals surface area contributed by atoms with E-state index in [9.17, 15) is 0 Å². The topological polar surface area (TPSA) is 35.2 Å². The Morgan fingerprint density at radius 3 is 2.64 bits per heavy atom. The van der Waals surface area contributed by atoms with Crippen LogP contribution < -0.4 is 10.5 Å². The van der Waals surface area contributed by atoms with Crippen LogP contribution in [0.4, 0.5) is 0 Å². The number of rotatable bonds is 3. The van der Waals surface area contributed by atoms with E-state index in [0.29, 0.717) is 11.6 Å². The van der Waals surface area contributed by atoms with Gasteiger partial charge in [-0.25, -0.2) is 0 Å². The summed E-state index contributed by atoms with van der Waals surface area (Å²) in [5.41, 5.74) is 7.93. The highest BCUT2D eigenvalue weighted by atomic mass is 35.5. The van der Waals surface area contributed by atoms with E-state index in [-0.39, 0.29) is 5.92 Å². The largest absolute Gasteiger partial charge is 0.495 e. The van der Waals surface area contributed by atoms with Crippen molar-refractivity contribution in [2.45, 2.75) is 19.8 Å². The van der Waals surface area contributed by atoms with Gasteiger partial charge >= 0.3 is 0 Å². The maximum Gasteiger partial charge on any atom is 0.141 e. The lowest BCUT2D eigenvalue weighted by Gasteiger charge is -2.17. The number of ether oxygens (including phenoxy) is 1. The van der Waals surface area contributed by atoms with Crippen LogP contribution in [0.5, 0.6) is 5.75 Å². The molecule has 0 aliphatic heterocycles. The monoisotopic (exact) mass is 213 g/mol. The summed E-state index contributed by atoms with van der Waals surface area (Å²) < 4.78 is 5.29. The standard InChI is InChI=1S/C11H16ClNO/c1-7-4-5-9(12)11(14-3)10(7)8(2)6-13/h4-5,8H,6,13H2,1-3H3. The lowest BCUT2D eigenvalue weighted by molar-refractivity contribution is 0.406. The molecular formula is C11H16ClNO. The minimum atomic E-state index is 0.267. The molecule has 0 spiro atoms. The van der Waals surface area contributed by atoms with Crippen molar-refractivity contribution in [3.63, 3.8) is 0 Å². The Hall–Kier alpha value is -0.730. The second-order valence-corrected chi connectivity index (χ2v) is 3.86. The van der Waals surface area contributed by atoms with Crippen molar-refractivity contribution >= 4 is 11.6 Å². The van der Waals surface area contributed by atoms with Crippen molar-refractivity contribution in [2.24, 2.45) is 5.73 Å². The van der Waals surface area contributed by atoms with Gasteiger partial charge in [0.1, 0.15) is 5.75 Å². The van der Waals surface area contributed by atoms with Crippen LogP contribution in [0.3, 0.4) is 0 Å². The summed E-state index contributed by atoms with van der Waals surface area (Å²) in [5.74, 6) is 1.02. The van der Waals surface area contributed by atoms with Crippen LogP contribution in [-0.4, -0.2) is 13.7 Å². The molecule has 2 N–H and O–H groups in total. The van der Waals surface area contributed by atoms with Gasteiger partial charge in [0.25, 0.3) is 0 Å². The molecule has 78 valence electrons. The Balaban J connectivity index is 3.29. The first-order chi connectivity index (χ1) is 6.61. The Bertz CT molecular complexity index is 325. The average molecular weight is 214 g/mol. The Labute approximate surface area is 90.0 Å². The van der Waals surface area contributed by atoms with Crippen molar-refractivity contribution in [2.75, 3.05) is 13.7 Å². The summed E-state index contributed by atoms with van der Waals surface area (Å²) in [6.45, 7) is 4.71. The van der Waals surface area contributed by atoms with Crippen LogP contribution >= 0.6 is 11.6 Å². The van der Waals surface area contributed by atoms with Gasteiger partial charge in [-0.2, -0.15) is 0 Å². The van der Waals surface area contributed by atoms with Crippen LogP contribution in [0.1, 0.15) is 24.0 Å². The zero-order valence-corrected chi connectivity index (χ0v) is 9.56. The predicted molar refractivity (Wildman–Crippen MR) is 60.2 cm³/mol. The molecule has 1 rings (SSSR count). The van der Waals surface area contributed by atoms with Gasteiger partial charge in [0, 0.05) is 5.56 Å². The summed E-state index contributed by atoms with van der Waals surface area (Å²) in [6.07, 6.45) is 0. The van der Waals surface area contributed by atoms with Crippen LogP contribution in [0.15, 0.2) is 12.1 Å². The summed E-state index contributed by atoms with van der Waals surface area (Å²) in [5, 5.41) is 0.647. The first-order valence-electron chi connectivity index (χ1n) is 4.64. The Morgan fingerprint density at radius 2 is 2.14 bits per heavy atom. The minimum Gasteiger partial charge on any atom is -0.495 e. The fourth-order valence-electron chi connectivity index (χ4n) is 1.61. The maximum absolute atomic E-state index is 6.04. The Morgan fingerprint density at radius 1 is 1.50 bits per heavy atom. The van der Waals surface area contributed by atoms with Crippen LogP contribution in [0.25, 0.3) is 0 Å². The quantitative estimate of drug-likeness (QED) is 0.838. The molecule has 0 amide bonds. The SMILES string of the molecule is COc1c(Cl)ccc(C)c1C(C)CN. The van der Waals surface area contributed by atoms with E-state index in [1.807, 2.05) is 19.1 Å². The van der Waals surface area contributed by atoms with E-state index in [0.717, 1.165) is 11.3 Å². The zero-order chi connectivity index (χ0) is 10.7. The van der Waals surface area contributed by atoms with Gasteiger partial charge in [-0.3, -0.25) is 0 Å². The van der Waals surface area contributed by atoms with Gasteiger partial charge in [-0.15, -0.1) is 0 Å². The number of benzene rings is 1. The van der Waals surface area contributed by atoms with Crippen LogP contribution in [0, 0.1) is 6.92 Å². The van der Waals surface area contributed by atoms with Crippen molar-refractivity contribution in [1.82, 2.24) is 0 Å². The van der Waals surface area contributed by atoms with E-state index < -0.39 is 0 Å². The molecule has 2 nitrogen and oxygen atoms in total. The number of aryl methyl sites for hydroxylation is 1. The summed E-state index contributed by atoms with van der Waals surface area (Å²) in [7, 11) is 1.63. The summed E-state index contributed by atoms with van der Waals surface area (Å²) in [6, 6.07) is 3.84. The molecule has 1 atom stereocenters. The molecule has 1 aromatic rings. The second-order valence-electron chi connectivity index (χ2n) is 3.45. The molecule has 0 aromatic heterocycles. The fraction of sp³-hybridized carbons (Fsp3) is 0.455. The third-order valence-electron chi connectivity index (χ3n) is 2.42.